The number of piperidine rings is 2. The number of nitrogens with zero attached hydrogens (tertiary/aromatic N) is 5. The molecule has 1 amide bonds. The number of aromatic nitrogens is 4. The van der Waals surface area contributed by atoms with E-state index < -0.39 is 0 Å². The average Bonchev–Trinajstić information content (AvgIpc) is 2.81. The van der Waals surface area contributed by atoms with E-state index in [1.807, 2.05) is 36.9 Å². The monoisotopic (exact) mass is 449 g/mol. The van der Waals surface area contributed by atoms with Gasteiger partial charge in [-0.25, -0.2) is 19.9 Å². The van der Waals surface area contributed by atoms with Crippen molar-refractivity contribution in [3.63, 3.8) is 0 Å². The molecule has 7 nitrogen and oxygen atoms in total. The van der Waals surface area contributed by atoms with Crippen molar-refractivity contribution in [3.8, 4) is 17.4 Å². The van der Waals surface area contributed by atoms with E-state index in [0.717, 1.165) is 30.5 Å². The second-order valence-electron chi connectivity index (χ2n) is 8.58. The predicted octanol–water partition coefficient (Wildman–Crippen LogP) is 4.28. The van der Waals surface area contributed by atoms with Crippen LogP contribution in [-0.2, 0) is 0 Å². The number of hydrogen-bond donors (Lipinski definition) is 0. The molecular formula is C24H24ClN5O2. The fourth-order valence-electron chi connectivity index (χ4n) is 4.72. The van der Waals surface area contributed by atoms with Crippen LogP contribution in [0.5, 0.6) is 5.88 Å². The molecule has 2 saturated heterocycles. The number of pyridine rings is 2. The van der Waals surface area contributed by atoms with E-state index >= 15 is 0 Å². The van der Waals surface area contributed by atoms with Gasteiger partial charge in [-0.05, 0) is 68.9 Å². The minimum atomic E-state index is -0.144. The van der Waals surface area contributed by atoms with E-state index in [4.69, 9.17) is 16.3 Å². The molecule has 3 aromatic heterocycles. The van der Waals surface area contributed by atoms with Gasteiger partial charge in [0, 0.05) is 30.8 Å². The van der Waals surface area contributed by atoms with Crippen molar-refractivity contribution in [2.24, 2.45) is 5.92 Å². The maximum Gasteiger partial charge on any atom is 0.256 e. The second-order valence-corrected chi connectivity index (χ2v) is 8.99. The molecule has 3 atom stereocenters. The predicted molar refractivity (Wildman–Crippen MR) is 121 cm³/mol. The summed E-state index contributed by atoms with van der Waals surface area (Å²) in [5.74, 6) is 1.20. The third-order valence-electron chi connectivity index (χ3n) is 6.23. The maximum absolute atomic E-state index is 13.7. The van der Waals surface area contributed by atoms with Crippen molar-refractivity contribution in [1.29, 1.82) is 0 Å². The maximum atomic E-state index is 13.7. The summed E-state index contributed by atoms with van der Waals surface area (Å²) in [6, 6.07) is 7.23. The summed E-state index contributed by atoms with van der Waals surface area (Å²) >= 11 is 6.36. The Morgan fingerprint density at radius 1 is 1.16 bits per heavy atom. The van der Waals surface area contributed by atoms with Gasteiger partial charge in [0.25, 0.3) is 5.91 Å². The van der Waals surface area contributed by atoms with Crippen molar-refractivity contribution < 1.29 is 9.53 Å². The van der Waals surface area contributed by atoms with E-state index in [0.29, 0.717) is 40.4 Å². The van der Waals surface area contributed by atoms with Gasteiger partial charge in [0.1, 0.15) is 16.8 Å². The van der Waals surface area contributed by atoms with Gasteiger partial charge in [-0.2, -0.15) is 0 Å². The van der Waals surface area contributed by atoms with Crippen LogP contribution in [0.15, 0.2) is 42.9 Å². The fourth-order valence-corrected chi connectivity index (χ4v) is 4.98. The normalized spacial score (nSPS) is 22.1. The molecule has 0 radical (unpaired) electrons. The Morgan fingerprint density at radius 3 is 2.72 bits per heavy atom. The molecule has 0 aromatic carbocycles. The molecule has 32 heavy (non-hydrogen) atoms. The molecule has 2 aliphatic heterocycles. The van der Waals surface area contributed by atoms with Crippen molar-refractivity contribution >= 4 is 17.5 Å². The molecule has 164 valence electrons. The zero-order valence-corrected chi connectivity index (χ0v) is 18.8. The molecule has 3 unspecified atom stereocenters. The van der Waals surface area contributed by atoms with Crippen LogP contribution >= 0.6 is 11.6 Å². The Hall–Kier alpha value is -3.06. The zero-order chi connectivity index (χ0) is 22.2. The van der Waals surface area contributed by atoms with Crippen LogP contribution in [0.2, 0.25) is 5.02 Å². The highest BCUT2D eigenvalue weighted by Gasteiger charge is 2.45. The number of carbonyl (C=O) groups excluding carboxylic acids is 1. The summed E-state index contributed by atoms with van der Waals surface area (Å²) < 4.78 is 6.25. The smallest absolute Gasteiger partial charge is 0.256 e. The van der Waals surface area contributed by atoms with Gasteiger partial charge in [0.15, 0.2) is 5.82 Å². The number of aryl methyl sites for hydroxylation is 2. The summed E-state index contributed by atoms with van der Waals surface area (Å²) in [4.78, 5) is 33.3. The van der Waals surface area contributed by atoms with Crippen molar-refractivity contribution in [2.75, 3.05) is 6.54 Å². The van der Waals surface area contributed by atoms with Crippen LogP contribution < -0.4 is 4.74 Å². The van der Waals surface area contributed by atoms with Gasteiger partial charge in [-0.1, -0.05) is 11.6 Å². The van der Waals surface area contributed by atoms with E-state index in [-0.39, 0.29) is 18.1 Å². The van der Waals surface area contributed by atoms with Crippen LogP contribution in [0, 0.1) is 19.8 Å². The highest BCUT2D eigenvalue weighted by Crippen LogP contribution is 2.39. The van der Waals surface area contributed by atoms with Crippen molar-refractivity contribution in [2.45, 2.75) is 45.3 Å². The fraction of sp³-hybridized carbons (Fsp3) is 0.375. The molecule has 2 bridgehead atoms. The summed E-state index contributed by atoms with van der Waals surface area (Å²) in [6.07, 6.45) is 7.79. The number of carbonyl (C=O) groups is 1. The standard InChI is InChI=1S/C24H24ClN5O2/c1-14-10-18(25)23(28-12-14)32-20-11-16-5-7-19(20)30(13-16)24(31)17-6-4-15(2)29-21(17)22-26-8-3-9-27-22/h3-4,6,8-10,12,16,19-20H,5,7,11,13H2,1-2H3. The Balaban J connectivity index is 1.45. The van der Waals surface area contributed by atoms with Crippen LogP contribution in [-0.4, -0.2) is 49.4 Å². The summed E-state index contributed by atoms with van der Waals surface area (Å²) in [5.41, 5.74) is 2.81. The number of hydrogen-bond acceptors (Lipinski definition) is 6. The van der Waals surface area contributed by atoms with Crippen LogP contribution in [0.1, 0.15) is 40.9 Å². The zero-order valence-electron chi connectivity index (χ0n) is 18.0. The van der Waals surface area contributed by atoms with Crippen LogP contribution in [0.25, 0.3) is 11.5 Å². The largest absolute Gasteiger partial charge is 0.471 e. The van der Waals surface area contributed by atoms with Crippen molar-refractivity contribution in [1.82, 2.24) is 24.8 Å². The number of amides is 1. The van der Waals surface area contributed by atoms with Gasteiger partial charge >= 0.3 is 0 Å². The first-order valence-corrected chi connectivity index (χ1v) is 11.2. The minimum Gasteiger partial charge on any atom is -0.471 e. The Bertz CT molecular complexity index is 1160. The van der Waals surface area contributed by atoms with E-state index in [1.165, 1.54) is 0 Å². The summed E-state index contributed by atoms with van der Waals surface area (Å²) in [6.45, 7) is 4.54. The van der Waals surface area contributed by atoms with Gasteiger partial charge < -0.3 is 9.64 Å². The Labute approximate surface area is 191 Å². The molecule has 3 aromatic rings. The molecule has 1 saturated carbocycles. The lowest BCUT2D eigenvalue weighted by molar-refractivity contribution is -0.0313. The van der Waals surface area contributed by atoms with Gasteiger partial charge in [0.2, 0.25) is 5.88 Å². The lowest BCUT2D eigenvalue weighted by Crippen LogP contribution is -2.59. The van der Waals surface area contributed by atoms with Gasteiger partial charge in [0.05, 0.1) is 11.6 Å². The first kappa shape index (κ1) is 20.8. The van der Waals surface area contributed by atoms with E-state index in [1.54, 1.807) is 24.7 Å². The highest BCUT2D eigenvalue weighted by atomic mass is 35.5. The first-order chi connectivity index (χ1) is 15.5. The van der Waals surface area contributed by atoms with E-state index in [2.05, 4.69) is 19.9 Å². The number of halogens is 1. The highest BCUT2D eigenvalue weighted by molar-refractivity contribution is 6.31. The third-order valence-corrected chi connectivity index (χ3v) is 6.50. The molecule has 6 rings (SSSR count). The lowest BCUT2D eigenvalue weighted by Gasteiger charge is -2.49. The quantitative estimate of drug-likeness (QED) is 0.591. The minimum absolute atomic E-state index is 0.0440. The molecule has 3 fully saturated rings. The second kappa shape index (κ2) is 8.47. The van der Waals surface area contributed by atoms with Crippen LogP contribution in [0.3, 0.4) is 0 Å². The Morgan fingerprint density at radius 2 is 1.97 bits per heavy atom. The SMILES string of the molecule is Cc1cnc(OC2CC3CCC2N(C(=O)c2ccc(C)nc2-c2ncccn2)C3)c(Cl)c1. The average molecular weight is 450 g/mol. The molecule has 3 aliphatic rings. The third kappa shape index (κ3) is 3.93. The first-order valence-electron chi connectivity index (χ1n) is 10.8. The summed E-state index contributed by atoms with van der Waals surface area (Å²) in [5, 5.41) is 0.496. The molecule has 0 N–H and O–H groups in total. The molecule has 8 heteroatoms. The number of ether oxygens (including phenoxy) is 1. The van der Waals surface area contributed by atoms with Crippen molar-refractivity contribution in [3.05, 3.63) is 64.7 Å². The van der Waals surface area contributed by atoms with E-state index in [9.17, 15) is 4.79 Å². The molecule has 1 aliphatic carbocycles. The summed E-state index contributed by atoms with van der Waals surface area (Å²) in [7, 11) is 0. The van der Waals surface area contributed by atoms with Crippen LogP contribution in [0.4, 0.5) is 0 Å². The number of rotatable bonds is 4. The molecular weight excluding hydrogens is 426 g/mol. The molecule has 0 spiro atoms. The molecule has 5 heterocycles. The topological polar surface area (TPSA) is 81.1 Å². The van der Waals surface area contributed by atoms with Gasteiger partial charge in [-0.3, -0.25) is 4.79 Å². The lowest BCUT2D eigenvalue weighted by atomic mass is 9.77. The number of fused-ring (bicyclic) bond motifs is 3. The Kier molecular flexibility index (Phi) is 5.51. The van der Waals surface area contributed by atoms with Gasteiger partial charge in [-0.15, -0.1) is 0 Å².